The van der Waals surface area contributed by atoms with Crippen molar-refractivity contribution < 1.29 is 14.3 Å². The van der Waals surface area contributed by atoms with Gasteiger partial charge in [0.1, 0.15) is 0 Å². The van der Waals surface area contributed by atoms with Crippen LogP contribution in [-0.4, -0.2) is 49.1 Å². The van der Waals surface area contributed by atoms with Gasteiger partial charge in [-0.05, 0) is 20.4 Å². The smallest absolute Gasteiger partial charge is 0.320 e. The van der Waals surface area contributed by atoms with Crippen LogP contribution in [0.1, 0.15) is 20.8 Å². The molecule has 0 saturated heterocycles. The van der Waals surface area contributed by atoms with Crippen LogP contribution < -0.4 is 5.32 Å². The van der Waals surface area contributed by atoms with E-state index >= 15 is 0 Å². The first-order valence-corrected chi connectivity index (χ1v) is 5.67. The van der Waals surface area contributed by atoms with E-state index in [0.717, 1.165) is 0 Å². The molecule has 0 saturated carbocycles. The van der Waals surface area contributed by atoms with E-state index in [0.29, 0.717) is 13.2 Å². The molecule has 0 aromatic heterocycles. The van der Waals surface area contributed by atoms with Gasteiger partial charge in [0.05, 0.1) is 25.7 Å². The number of hydrogen-bond donors (Lipinski definition) is 1. The lowest BCUT2D eigenvalue weighted by Gasteiger charge is -2.25. The van der Waals surface area contributed by atoms with Gasteiger partial charge in [-0.2, -0.15) is 0 Å². The third-order valence-electron chi connectivity index (χ3n) is 2.34. The highest BCUT2D eigenvalue weighted by Crippen LogP contribution is 1.99. The van der Waals surface area contributed by atoms with Gasteiger partial charge in [0.15, 0.2) is 0 Å². The number of ether oxygens (including phenoxy) is 1. The molecule has 0 bridgehead atoms. The predicted molar refractivity (Wildman–Crippen MR) is 65.2 cm³/mol. The molecule has 96 valence electrons. The number of likely N-dealkylation sites (N-methyl/N-ethyl adjacent to an activating group) is 1. The van der Waals surface area contributed by atoms with Crippen molar-refractivity contribution in [2.75, 3.05) is 26.2 Å². The Labute approximate surface area is 102 Å². The Morgan fingerprint density at radius 1 is 1.47 bits per heavy atom. The van der Waals surface area contributed by atoms with E-state index in [1.807, 2.05) is 6.92 Å². The molecule has 0 heterocycles. The van der Waals surface area contributed by atoms with Crippen molar-refractivity contribution in [1.29, 1.82) is 0 Å². The van der Waals surface area contributed by atoms with E-state index < -0.39 is 6.04 Å². The fourth-order valence-corrected chi connectivity index (χ4v) is 1.35. The van der Waals surface area contributed by atoms with Crippen molar-refractivity contribution in [2.45, 2.75) is 26.8 Å². The van der Waals surface area contributed by atoms with E-state index in [1.165, 1.54) is 0 Å². The van der Waals surface area contributed by atoms with Gasteiger partial charge in [-0.3, -0.25) is 14.5 Å². The normalized spacial score (nSPS) is 11.7. The fraction of sp³-hybridized carbons (Fsp3) is 0.667. The average Bonchev–Trinajstić information content (AvgIpc) is 2.32. The molecule has 0 aromatic carbocycles. The molecule has 1 N–H and O–H groups in total. The molecular formula is C12H20N2O3. The molecule has 1 unspecified atom stereocenters. The number of carbonyl (C=O) groups excluding carboxylic acids is 2. The molecule has 0 aliphatic carbocycles. The largest absolute Gasteiger partial charge is 0.465 e. The van der Waals surface area contributed by atoms with Crippen molar-refractivity contribution in [2.24, 2.45) is 0 Å². The highest BCUT2D eigenvalue weighted by Gasteiger charge is 2.21. The minimum atomic E-state index is -0.405. The Bertz CT molecular complexity index is 297. The lowest BCUT2D eigenvalue weighted by atomic mass is 10.2. The Kier molecular flexibility index (Phi) is 7.82. The van der Waals surface area contributed by atoms with Gasteiger partial charge in [0.25, 0.3) is 0 Å². The van der Waals surface area contributed by atoms with Crippen molar-refractivity contribution in [1.82, 2.24) is 10.2 Å². The van der Waals surface area contributed by atoms with Crippen LogP contribution >= 0.6 is 0 Å². The molecule has 0 aromatic rings. The monoisotopic (exact) mass is 240 g/mol. The van der Waals surface area contributed by atoms with Crippen LogP contribution in [0.2, 0.25) is 0 Å². The highest BCUT2D eigenvalue weighted by molar-refractivity contribution is 5.82. The molecule has 0 spiro atoms. The number of esters is 1. The topological polar surface area (TPSA) is 58.6 Å². The molecule has 17 heavy (non-hydrogen) atoms. The molecule has 0 radical (unpaired) electrons. The summed E-state index contributed by atoms with van der Waals surface area (Å²) < 4.78 is 4.84. The number of hydrogen-bond acceptors (Lipinski definition) is 4. The molecule has 1 amide bonds. The third-order valence-corrected chi connectivity index (χ3v) is 2.34. The third kappa shape index (κ3) is 5.93. The van der Waals surface area contributed by atoms with E-state index in [4.69, 9.17) is 11.2 Å². The van der Waals surface area contributed by atoms with Gasteiger partial charge in [0, 0.05) is 0 Å². The van der Waals surface area contributed by atoms with Crippen LogP contribution in [0.4, 0.5) is 0 Å². The van der Waals surface area contributed by atoms with Crippen LogP contribution in [0.5, 0.6) is 0 Å². The zero-order chi connectivity index (χ0) is 13.3. The van der Waals surface area contributed by atoms with Crippen molar-refractivity contribution in [3.05, 3.63) is 0 Å². The number of rotatable bonds is 7. The summed E-state index contributed by atoms with van der Waals surface area (Å²) in [5.41, 5.74) is 0. The van der Waals surface area contributed by atoms with Crippen LogP contribution in [0.25, 0.3) is 0 Å². The quantitative estimate of drug-likeness (QED) is 0.503. The standard InChI is InChI=1S/C12H20N2O3/c1-5-8-13-12(16)10(4)14(6-2)9-11(15)17-7-3/h1,10H,6-9H2,2-4H3,(H,13,16). The minimum absolute atomic E-state index is 0.106. The first-order chi connectivity index (χ1) is 8.06. The first-order valence-electron chi connectivity index (χ1n) is 5.67. The van der Waals surface area contributed by atoms with Crippen LogP contribution in [-0.2, 0) is 14.3 Å². The van der Waals surface area contributed by atoms with E-state index in [1.54, 1.807) is 18.7 Å². The molecular weight excluding hydrogens is 220 g/mol. The summed E-state index contributed by atoms with van der Waals surface area (Å²) in [6.07, 6.45) is 5.05. The SMILES string of the molecule is C#CCNC(=O)C(C)N(CC)CC(=O)OCC. The maximum Gasteiger partial charge on any atom is 0.320 e. The minimum Gasteiger partial charge on any atom is -0.465 e. The maximum absolute atomic E-state index is 11.6. The second-order valence-electron chi connectivity index (χ2n) is 3.47. The molecule has 0 rings (SSSR count). The second-order valence-corrected chi connectivity index (χ2v) is 3.47. The summed E-state index contributed by atoms with van der Waals surface area (Å²) in [7, 11) is 0. The summed E-state index contributed by atoms with van der Waals surface area (Å²) in [5, 5.41) is 2.58. The zero-order valence-corrected chi connectivity index (χ0v) is 10.7. The summed E-state index contributed by atoms with van der Waals surface area (Å²) in [6, 6.07) is -0.405. The molecule has 0 fully saturated rings. The summed E-state index contributed by atoms with van der Waals surface area (Å²) in [6.45, 7) is 6.59. The van der Waals surface area contributed by atoms with Crippen LogP contribution in [0.3, 0.4) is 0 Å². The average molecular weight is 240 g/mol. The van der Waals surface area contributed by atoms with Gasteiger partial charge in [0.2, 0.25) is 5.91 Å². The Balaban J connectivity index is 4.29. The Hall–Kier alpha value is -1.54. The van der Waals surface area contributed by atoms with Crippen molar-refractivity contribution in [3.8, 4) is 12.3 Å². The lowest BCUT2D eigenvalue weighted by molar-refractivity contribution is -0.145. The van der Waals surface area contributed by atoms with Crippen LogP contribution in [0, 0.1) is 12.3 Å². The number of carbonyl (C=O) groups is 2. The van der Waals surface area contributed by atoms with Crippen molar-refractivity contribution >= 4 is 11.9 Å². The summed E-state index contributed by atoms with van der Waals surface area (Å²) >= 11 is 0. The molecule has 5 heteroatoms. The van der Waals surface area contributed by atoms with E-state index in [2.05, 4.69) is 11.2 Å². The fourth-order valence-electron chi connectivity index (χ4n) is 1.35. The van der Waals surface area contributed by atoms with E-state index in [-0.39, 0.29) is 25.0 Å². The molecule has 5 nitrogen and oxygen atoms in total. The molecule has 1 atom stereocenters. The lowest BCUT2D eigenvalue weighted by Crippen LogP contribution is -2.47. The van der Waals surface area contributed by atoms with Gasteiger partial charge >= 0.3 is 5.97 Å². The van der Waals surface area contributed by atoms with E-state index in [9.17, 15) is 9.59 Å². The van der Waals surface area contributed by atoms with Crippen molar-refractivity contribution in [3.63, 3.8) is 0 Å². The number of nitrogens with one attached hydrogen (secondary N) is 1. The van der Waals surface area contributed by atoms with Gasteiger partial charge in [-0.15, -0.1) is 6.42 Å². The van der Waals surface area contributed by atoms with Gasteiger partial charge in [-0.1, -0.05) is 12.8 Å². The molecule has 0 aliphatic rings. The summed E-state index contributed by atoms with van der Waals surface area (Å²) in [5.74, 6) is 1.82. The predicted octanol–water partition coefficient (Wildman–Crippen LogP) is 0.00930. The first kappa shape index (κ1) is 15.5. The Morgan fingerprint density at radius 2 is 2.12 bits per heavy atom. The van der Waals surface area contributed by atoms with Gasteiger partial charge < -0.3 is 10.1 Å². The number of terminal acetylenes is 1. The van der Waals surface area contributed by atoms with Crippen LogP contribution in [0.15, 0.2) is 0 Å². The number of nitrogens with zero attached hydrogens (tertiary/aromatic N) is 1. The second kappa shape index (κ2) is 8.59. The summed E-state index contributed by atoms with van der Waals surface area (Å²) in [4.78, 5) is 24.7. The maximum atomic E-state index is 11.6. The van der Waals surface area contributed by atoms with Gasteiger partial charge in [-0.25, -0.2) is 0 Å². The highest BCUT2D eigenvalue weighted by atomic mass is 16.5. The zero-order valence-electron chi connectivity index (χ0n) is 10.7. The Morgan fingerprint density at radius 3 is 2.59 bits per heavy atom. The number of amides is 1. The molecule has 0 aliphatic heterocycles.